The molecule has 0 aromatic heterocycles. The zero-order valence-electron chi connectivity index (χ0n) is 11.0. The van der Waals surface area contributed by atoms with Crippen LogP contribution in [0.1, 0.15) is 11.1 Å². The Morgan fingerprint density at radius 3 is 2.65 bits per heavy atom. The molecular weight excluding hydrogens is 321 g/mol. The van der Waals surface area contributed by atoms with E-state index in [1.54, 1.807) is 12.1 Å². The van der Waals surface area contributed by atoms with Crippen LogP contribution in [0.15, 0.2) is 46.9 Å². The van der Waals surface area contributed by atoms with E-state index in [1.807, 2.05) is 36.2 Å². The van der Waals surface area contributed by atoms with Crippen molar-refractivity contribution < 1.29 is 4.39 Å². The molecule has 2 aromatic rings. The van der Waals surface area contributed by atoms with Crippen molar-refractivity contribution in [3.05, 3.63) is 63.9 Å². The summed E-state index contributed by atoms with van der Waals surface area (Å²) >= 11 is 3.18. The first kappa shape index (κ1) is 14.5. The Labute approximate surface area is 125 Å². The number of nitrogens with two attached hydrogens (primary N) is 1. The molecule has 0 radical (unpaired) electrons. The first-order chi connectivity index (χ1) is 9.49. The van der Waals surface area contributed by atoms with Crippen molar-refractivity contribution in [3.63, 3.8) is 0 Å². The van der Waals surface area contributed by atoms with Crippen LogP contribution in [-0.2, 0) is 6.54 Å². The van der Waals surface area contributed by atoms with Gasteiger partial charge in [0.15, 0.2) is 0 Å². The summed E-state index contributed by atoms with van der Waals surface area (Å²) < 4.78 is 13.7. The average molecular weight is 336 g/mol. The molecule has 2 rings (SSSR count). The van der Waals surface area contributed by atoms with Crippen LogP contribution in [0, 0.1) is 11.2 Å². The minimum absolute atomic E-state index is 0.0349. The molecule has 0 aliphatic rings. The number of hydrogen-bond acceptors (Lipinski definition) is 2. The van der Waals surface area contributed by atoms with E-state index in [-0.39, 0.29) is 11.7 Å². The fourth-order valence-electron chi connectivity index (χ4n) is 2.03. The van der Waals surface area contributed by atoms with Gasteiger partial charge in [0.1, 0.15) is 11.7 Å². The van der Waals surface area contributed by atoms with Gasteiger partial charge in [-0.15, -0.1) is 0 Å². The number of anilines is 1. The van der Waals surface area contributed by atoms with Crippen molar-refractivity contribution in [3.8, 4) is 0 Å². The fraction of sp³-hybridized carbons (Fsp3) is 0.133. The highest BCUT2D eigenvalue weighted by Gasteiger charge is 2.10. The van der Waals surface area contributed by atoms with Gasteiger partial charge in [-0.3, -0.25) is 5.41 Å². The van der Waals surface area contributed by atoms with Crippen molar-refractivity contribution in [2.24, 2.45) is 5.73 Å². The molecule has 0 heterocycles. The van der Waals surface area contributed by atoms with E-state index in [0.29, 0.717) is 16.6 Å². The largest absolute Gasteiger partial charge is 0.384 e. The normalized spacial score (nSPS) is 10.3. The summed E-state index contributed by atoms with van der Waals surface area (Å²) in [4.78, 5) is 1.98. The molecule has 3 nitrogen and oxygen atoms in total. The van der Waals surface area contributed by atoms with Crippen molar-refractivity contribution in [1.82, 2.24) is 0 Å². The van der Waals surface area contributed by atoms with Gasteiger partial charge in [-0.2, -0.15) is 0 Å². The zero-order chi connectivity index (χ0) is 14.7. The summed E-state index contributed by atoms with van der Waals surface area (Å²) in [7, 11) is 1.92. The maximum atomic E-state index is 13.2. The van der Waals surface area contributed by atoms with E-state index in [9.17, 15) is 4.39 Å². The highest BCUT2D eigenvalue weighted by molar-refractivity contribution is 9.10. The van der Waals surface area contributed by atoms with Crippen LogP contribution in [0.3, 0.4) is 0 Å². The summed E-state index contributed by atoms with van der Waals surface area (Å²) in [5, 5.41) is 7.61. The molecule has 0 spiro atoms. The van der Waals surface area contributed by atoms with Gasteiger partial charge in [-0.1, -0.05) is 18.2 Å². The number of halogens is 2. The highest BCUT2D eigenvalue weighted by Crippen LogP contribution is 2.22. The summed E-state index contributed by atoms with van der Waals surface area (Å²) in [5.41, 5.74) is 8.13. The predicted octanol–water partition coefficient (Wildman–Crippen LogP) is 3.51. The Hall–Kier alpha value is -1.88. The quantitative estimate of drug-likeness (QED) is 0.663. The Morgan fingerprint density at radius 1 is 1.30 bits per heavy atom. The summed E-state index contributed by atoms with van der Waals surface area (Å²) in [6, 6.07) is 12.4. The summed E-state index contributed by atoms with van der Waals surface area (Å²) in [5.74, 6) is -0.242. The lowest BCUT2D eigenvalue weighted by Gasteiger charge is -2.22. The second-order valence-corrected chi connectivity index (χ2v) is 5.39. The number of nitrogens with one attached hydrogen (secondary N) is 1. The van der Waals surface area contributed by atoms with Gasteiger partial charge in [0.2, 0.25) is 0 Å². The Bertz CT molecular complexity index is 643. The van der Waals surface area contributed by atoms with Gasteiger partial charge in [0, 0.05) is 24.8 Å². The summed E-state index contributed by atoms with van der Waals surface area (Å²) in [6.07, 6.45) is 0. The molecule has 0 fully saturated rings. The maximum absolute atomic E-state index is 13.2. The minimum atomic E-state index is -0.277. The van der Waals surface area contributed by atoms with Crippen molar-refractivity contribution in [2.75, 3.05) is 11.9 Å². The van der Waals surface area contributed by atoms with E-state index in [4.69, 9.17) is 11.1 Å². The molecular formula is C15H15BrFN3. The molecule has 0 amide bonds. The molecule has 0 saturated heterocycles. The second kappa shape index (κ2) is 6.05. The Kier molecular flexibility index (Phi) is 4.39. The third-order valence-electron chi connectivity index (χ3n) is 3.01. The van der Waals surface area contributed by atoms with Crippen LogP contribution in [0.2, 0.25) is 0 Å². The van der Waals surface area contributed by atoms with Gasteiger partial charge in [0.05, 0.1) is 4.47 Å². The van der Waals surface area contributed by atoms with Crippen LogP contribution in [0.25, 0.3) is 0 Å². The second-order valence-electron chi connectivity index (χ2n) is 4.54. The molecule has 20 heavy (non-hydrogen) atoms. The van der Waals surface area contributed by atoms with Crippen LogP contribution in [0.4, 0.5) is 10.1 Å². The van der Waals surface area contributed by atoms with E-state index in [1.165, 1.54) is 6.07 Å². The number of nitrogens with zero attached hydrogens (tertiary/aromatic N) is 1. The Morgan fingerprint density at radius 2 is 2.00 bits per heavy atom. The lowest BCUT2D eigenvalue weighted by molar-refractivity contribution is 0.620. The van der Waals surface area contributed by atoms with Gasteiger partial charge >= 0.3 is 0 Å². The molecule has 0 bridgehead atoms. The molecule has 0 aliphatic carbocycles. The van der Waals surface area contributed by atoms with Gasteiger partial charge in [-0.25, -0.2) is 4.39 Å². The molecule has 0 aliphatic heterocycles. The topological polar surface area (TPSA) is 53.1 Å². The van der Waals surface area contributed by atoms with E-state index in [2.05, 4.69) is 15.9 Å². The maximum Gasteiger partial charge on any atom is 0.137 e. The number of benzene rings is 2. The van der Waals surface area contributed by atoms with Crippen molar-refractivity contribution in [2.45, 2.75) is 6.54 Å². The molecule has 0 unspecified atom stereocenters. The molecule has 104 valence electrons. The van der Waals surface area contributed by atoms with Crippen LogP contribution < -0.4 is 10.6 Å². The average Bonchev–Trinajstić information content (AvgIpc) is 2.43. The van der Waals surface area contributed by atoms with E-state index in [0.717, 1.165) is 11.3 Å². The highest BCUT2D eigenvalue weighted by atomic mass is 79.9. The van der Waals surface area contributed by atoms with Crippen LogP contribution >= 0.6 is 15.9 Å². The van der Waals surface area contributed by atoms with Crippen molar-refractivity contribution >= 4 is 27.5 Å². The first-order valence-corrected chi connectivity index (χ1v) is 6.87. The number of para-hydroxylation sites is 1. The molecule has 3 N–H and O–H groups in total. The zero-order valence-corrected chi connectivity index (χ0v) is 12.6. The van der Waals surface area contributed by atoms with Gasteiger partial charge in [0.25, 0.3) is 0 Å². The molecule has 5 heteroatoms. The lowest BCUT2D eigenvalue weighted by Crippen LogP contribution is -2.22. The number of nitrogen functional groups attached to an aromatic ring is 1. The number of hydrogen-bond donors (Lipinski definition) is 2. The van der Waals surface area contributed by atoms with E-state index < -0.39 is 0 Å². The molecule has 0 atom stereocenters. The van der Waals surface area contributed by atoms with Crippen LogP contribution in [0.5, 0.6) is 0 Å². The molecule has 2 aromatic carbocycles. The van der Waals surface area contributed by atoms with E-state index >= 15 is 0 Å². The van der Waals surface area contributed by atoms with Gasteiger partial charge in [-0.05, 0) is 45.8 Å². The Balaban J connectivity index is 2.26. The fourth-order valence-corrected chi connectivity index (χ4v) is 2.46. The standard InChI is InChI=1S/C15H15BrFN3/c1-20(9-10-6-7-13(17)12(16)8-10)14-5-3-2-4-11(14)15(18)19/h2-8H,9H2,1H3,(H3,18,19). The number of rotatable bonds is 4. The third kappa shape index (κ3) is 3.17. The minimum Gasteiger partial charge on any atom is -0.384 e. The third-order valence-corrected chi connectivity index (χ3v) is 3.62. The summed E-state index contributed by atoms with van der Waals surface area (Å²) in [6.45, 7) is 0.600. The van der Waals surface area contributed by atoms with Gasteiger partial charge < -0.3 is 10.6 Å². The number of amidine groups is 1. The predicted molar refractivity (Wildman–Crippen MR) is 83.7 cm³/mol. The smallest absolute Gasteiger partial charge is 0.137 e. The lowest BCUT2D eigenvalue weighted by atomic mass is 10.1. The molecule has 0 saturated carbocycles. The van der Waals surface area contributed by atoms with Crippen LogP contribution in [-0.4, -0.2) is 12.9 Å². The monoisotopic (exact) mass is 335 g/mol. The SMILES string of the molecule is CN(Cc1ccc(F)c(Br)c1)c1ccccc1C(=N)N. The first-order valence-electron chi connectivity index (χ1n) is 6.07. The van der Waals surface area contributed by atoms with Crippen molar-refractivity contribution in [1.29, 1.82) is 5.41 Å².